The van der Waals surface area contributed by atoms with Gasteiger partial charge in [-0.15, -0.1) is 5.10 Å². The lowest BCUT2D eigenvalue weighted by Gasteiger charge is -2.06. The Labute approximate surface area is 148 Å². The van der Waals surface area contributed by atoms with Gasteiger partial charge in [-0.2, -0.15) is 16.3 Å². The van der Waals surface area contributed by atoms with E-state index in [0.29, 0.717) is 23.5 Å². The molecule has 6 nitrogen and oxygen atoms in total. The minimum absolute atomic E-state index is 0.473. The molecule has 1 aromatic carbocycles. The van der Waals surface area contributed by atoms with Gasteiger partial charge in [-0.25, -0.2) is 9.67 Å². The maximum absolute atomic E-state index is 6.45. The predicted octanol–water partition coefficient (Wildman–Crippen LogP) is 3.70. The van der Waals surface area contributed by atoms with Gasteiger partial charge >= 0.3 is 0 Å². The maximum atomic E-state index is 6.45. The smallest absolute Gasteiger partial charge is 0.225 e. The molecule has 0 atom stereocenters. The zero-order valence-corrected chi connectivity index (χ0v) is 14.2. The molecule has 124 valence electrons. The second-order valence-electron chi connectivity index (χ2n) is 6.16. The highest BCUT2D eigenvalue weighted by atomic mass is 32.1. The Bertz CT molecular complexity index is 1030. The summed E-state index contributed by atoms with van der Waals surface area (Å²) in [4.78, 5) is 9.34. The van der Waals surface area contributed by atoms with Gasteiger partial charge in [0, 0.05) is 17.0 Å². The van der Waals surface area contributed by atoms with E-state index in [9.17, 15) is 0 Å². The van der Waals surface area contributed by atoms with E-state index < -0.39 is 0 Å². The Hall–Kier alpha value is -2.93. The van der Waals surface area contributed by atoms with E-state index in [0.717, 1.165) is 35.2 Å². The van der Waals surface area contributed by atoms with Crippen molar-refractivity contribution in [2.45, 2.75) is 18.9 Å². The summed E-state index contributed by atoms with van der Waals surface area (Å²) in [5.74, 6) is 1.18. The minimum atomic E-state index is 0.473. The highest BCUT2D eigenvalue weighted by Gasteiger charge is 2.24. The summed E-state index contributed by atoms with van der Waals surface area (Å²) >= 11 is 1.64. The highest BCUT2D eigenvalue weighted by Crippen LogP contribution is 2.34. The van der Waals surface area contributed by atoms with Crippen molar-refractivity contribution in [2.24, 2.45) is 0 Å². The molecular weight excluding hydrogens is 332 g/mol. The molecule has 0 radical (unpaired) electrons. The molecule has 0 aliphatic heterocycles. The molecular formula is C18H16N6S. The minimum Gasteiger partial charge on any atom is -0.383 e. The number of thiophene rings is 1. The van der Waals surface area contributed by atoms with Crippen LogP contribution < -0.4 is 11.1 Å². The molecule has 1 aliphatic rings. The molecule has 0 unspecified atom stereocenters. The van der Waals surface area contributed by atoms with Crippen LogP contribution in [0.4, 0.5) is 11.8 Å². The van der Waals surface area contributed by atoms with Crippen LogP contribution in [-0.4, -0.2) is 25.8 Å². The number of nitrogens with two attached hydrogens (primary N) is 1. The van der Waals surface area contributed by atoms with Crippen LogP contribution in [0.3, 0.4) is 0 Å². The molecule has 0 saturated heterocycles. The third-order valence-electron chi connectivity index (χ3n) is 4.27. The number of aromatic nitrogens is 4. The van der Waals surface area contributed by atoms with Crippen molar-refractivity contribution in [3.8, 4) is 16.9 Å². The van der Waals surface area contributed by atoms with Crippen LogP contribution in [0, 0.1) is 0 Å². The van der Waals surface area contributed by atoms with Crippen molar-refractivity contribution in [3.05, 3.63) is 47.2 Å². The first-order valence-electron chi connectivity index (χ1n) is 8.20. The van der Waals surface area contributed by atoms with Gasteiger partial charge in [0.25, 0.3) is 0 Å². The summed E-state index contributed by atoms with van der Waals surface area (Å²) in [5, 5.41) is 12.9. The van der Waals surface area contributed by atoms with Crippen LogP contribution in [0.15, 0.2) is 47.2 Å². The average Bonchev–Trinajstić information content (AvgIpc) is 3.16. The fourth-order valence-electron chi connectivity index (χ4n) is 2.86. The van der Waals surface area contributed by atoms with E-state index in [1.807, 2.05) is 41.8 Å². The molecule has 1 aliphatic carbocycles. The van der Waals surface area contributed by atoms with Crippen molar-refractivity contribution in [1.29, 1.82) is 0 Å². The number of rotatable bonds is 4. The molecule has 0 spiro atoms. The number of nitrogens with one attached hydrogen (secondary N) is 1. The number of nitrogen functional groups attached to an aromatic ring is 1. The summed E-state index contributed by atoms with van der Waals surface area (Å²) in [6.45, 7) is 0. The molecule has 4 aromatic rings. The molecule has 0 amide bonds. The van der Waals surface area contributed by atoms with Gasteiger partial charge in [0.1, 0.15) is 5.82 Å². The average molecular weight is 348 g/mol. The molecule has 7 heteroatoms. The van der Waals surface area contributed by atoms with Gasteiger partial charge in [0.05, 0.1) is 16.8 Å². The van der Waals surface area contributed by atoms with Crippen LogP contribution in [0.25, 0.3) is 28.0 Å². The highest BCUT2D eigenvalue weighted by molar-refractivity contribution is 7.08. The normalized spacial score (nSPS) is 14.1. The van der Waals surface area contributed by atoms with Gasteiger partial charge in [-0.05, 0) is 36.4 Å². The Kier molecular flexibility index (Phi) is 3.21. The SMILES string of the molecule is Nc1c2c(-c3ccsc3)nc(NC3CC3)nc2nn1-c1ccccc1. The van der Waals surface area contributed by atoms with E-state index >= 15 is 0 Å². The van der Waals surface area contributed by atoms with Crippen LogP contribution in [-0.2, 0) is 0 Å². The number of nitrogens with zero attached hydrogens (tertiary/aromatic N) is 4. The van der Waals surface area contributed by atoms with E-state index in [1.165, 1.54) is 0 Å². The molecule has 1 fully saturated rings. The number of para-hydroxylation sites is 1. The third kappa shape index (κ3) is 2.53. The first-order chi connectivity index (χ1) is 12.3. The molecule has 3 heterocycles. The van der Waals surface area contributed by atoms with Gasteiger partial charge in [-0.3, -0.25) is 0 Å². The number of benzene rings is 1. The summed E-state index contributed by atoms with van der Waals surface area (Å²) in [6, 6.07) is 12.4. The molecule has 3 N–H and O–H groups in total. The van der Waals surface area contributed by atoms with Gasteiger partial charge in [0.15, 0.2) is 5.65 Å². The molecule has 5 rings (SSSR count). The lowest BCUT2D eigenvalue weighted by atomic mass is 10.1. The topological polar surface area (TPSA) is 81.7 Å². The quantitative estimate of drug-likeness (QED) is 0.588. The lowest BCUT2D eigenvalue weighted by molar-refractivity contribution is 0.899. The summed E-state index contributed by atoms with van der Waals surface area (Å²) in [7, 11) is 0. The number of fused-ring (bicyclic) bond motifs is 1. The third-order valence-corrected chi connectivity index (χ3v) is 4.96. The molecule has 1 saturated carbocycles. The second kappa shape index (κ2) is 5.56. The predicted molar refractivity (Wildman–Crippen MR) is 101 cm³/mol. The zero-order valence-electron chi connectivity index (χ0n) is 13.4. The van der Waals surface area contributed by atoms with E-state index in [2.05, 4.69) is 20.8 Å². The second-order valence-corrected chi connectivity index (χ2v) is 6.94. The Balaban J connectivity index is 1.75. The van der Waals surface area contributed by atoms with Crippen molar-refractivity contribution in [3.63, 3.8) is 0 Å². The van der Waals surface area contributed by atoms with Gasteiger partial charge in [-0.1, -0.05) is 18.2 Å². The van der Waals surface area contributed by atoms with Crippen LogP contribution in [0.5, 0.6) is 0 Å². The van der Waals surface area contributed by atoms with Crippen LogP contribution >= 0.6 is 11.3 Å². The molecule has 0 bridgehead atoms. The monoisotopic (exact) mass is 348 g/mol. The number of anilines is 2. The standard InChI is InChI=1S/C18H16N6S/c19-16-14-15(11-8-9-25-10-11)21-18(20-12-6-7-12)22-17(14)23-24(16)13-4-2-1-3-5-13/h1-5,8-10,12H,6-7,19H2,(H,20,22,23). The number of hydrogen-bond acceptors (Lipinski definition) is 6. The Morgan fingerprint density at radius 2 is 1.96 bits per heavy atom. The molecule has 3 aromatic heterocycles. The van der Waals surface area contributed by atoms with Crippen LogP contribution in [0.2, 0.25) is 0 Å². The van der Waals surface area contributed by atoms with Crippen molar-refractivity contribution >= 4 is 34.1 Å². The molecule has 25 heavy (non-hydrogen) atoms. The van der Waals surface area contributed by atoms with E-state index in [1.54, 1.807) is 16.0 Å². The summed E-state index contributed by atoms with van der Waals surface area (Å²) in [6.07, 6.45) is 2.32. The van der Waals surface area contributed by atoms with Gasteiger partial charge < -0.3 is 11.1 Å². The van der Waals surface area contributed by atoms with Crippen molar-refractivity contribution < 1.29 is 0 Å². The van der Waals surface area contributed by atoms with E-state index in [-0.39, 0.29) is 0 Å². The number of hydrogen-bond donors (Lipinski definition) is 2. The maximum Gasteiger partial charge on any atom is 0.225 e. The first-order valence-corrected chi connectivity index (χ1v) is 9.14. The fraction of sp³-hybridized carbons (Fsp3) is 0.167. The summed E-state index contributed by atoms with van der Waals surface area (Å²) < 4.78 is 1.73. The van der Waals surface area contributed by atoms with Crippen molar-refractivity contribution in [2.75, 3.05) is 11.1 Å². The zero-order chi connectivity index (χ0) is 16.8. The Morgan fingerprint density at radius 3 is 2.68 bits per heavy atom. The van der Waals surface area contributed by atoms with Crippen LogP contribution in [0.1, 0.15) is 12.8 Å². The van der Waals surface area contributed by atoms with Crippen molar-refractivity contribution in [1.82, 2.24) is 19.7 Å². The van der Waals surface area contributed by atoms with E-state index in [4.69, 9.17) is 10.7 Å². The first kappa shape index (κ1) is 14.4. The summed E-state index contributed by atoms with van der Waals surface area (Å²) in [5.41, 5.74) is 9.83. The Morgan fingerprint density at radius 1 is 1.12 bits per heavy atom. The van der Waals surface area contributed by atoms with Gasteiger partial charge in [0.2, 0.25) is 5.95 Å². The lowest BCUT2D eigenvalue weighted by Crippen LogP contribution is -2.06. The largest absolute Gasteiger partial charge is 0.383 e. The fourth-order valence-corrected chi connectivity index (χ4v) is 3.50.